The van der Waals surface area contributed by atoms with E-state index in [0.29, 0.717) is 16.8 Å². The van der Waals surface area contributed by atoms with Crippen LogP contribution in [0.25, 0.3) is 11.1 Å². The molecule has 1 saturated carbocycles. The van der Waals surface area contributed by atoms with E-state index in [1.807, 2.05) is 0 Å². The number of hydrogen-bond acceptors (Lipinski definition) is 6. The normalized spacial score (nSPS) is 16.3. The maximum atomic E-state index is 13.5. The van der Waals surface area contributed by atoms with Crippen LogP contribution in [0, 0.1) is 5.82 Å². The Kier molecular flexibility index (Phi) is 5.05. The van der Waals surface area contributed by atoms with Crippen LogP contribution in [0.1, 0.15) is 63.2 Å². The van der Waals surface area contributed by atoms with Crippen molar-refractivity contribution < 1.29 is 28.2 Å². The zero-order chi connectivity index (χ0) is 20.5. The van der Waals surface area contributed by atoms with Crippen molar-refractivity contribution in [1.82, 2.24) is 0 Å². The van der Waals surface area contributed by atoms with Crippen LogP contribution in [-0.2, 0) is 9.47 Å². The average molecular weight is 397 g/mol. The van der Waals surface area contributed by atoms with Gasteiger partial charge in [0.25, 0.3) is 0 Å². The maximum absolute atomic E-state index is 13.5. The lowest BCUT2D eigenvalue weighted by atomic mass is 9.90. The largest absolute Gasteiger partial charge is 0.465 e. The molecule has 1 aliphatic heterocycles. The molecule has 29 heavy (non-hydrogen) atoms. The summed E-state index contributed by atoms with van der Waals surface area (Å²) in [7, 11) is 1.20. The quantitative estimate of drug-likeness (QED) is 0.611. The van der Waals surface area contributed by atoms with E-state index in [-0.39, 0.29) is 22.7 Å². The number of carbonyl (C=O) groups excluding carboxylic acids is 3. The van der Waals surface area contributed by atoms with Gasteiger partial charge in [-0.2, -0.15) is 0 Å². The lowest BCUT2D eigenvalue weighted by Gasteiger charge is -2.26. The molecule has 0 amide bonds. The van der Waals surface area contributed by atoms with Crippen LogP contribution >= 0.6 is 0 Å². The molecular weight excluding hydrogens is 377 g/mol. The standard InChI is InChI=1S/C22H20FNO5/c1-28-20(25)16-11-15(12-7-9-13(23)10-8-12)19(24-14-5-3-2-4-6-14)18-17(16)21(26)29-22(18)27/h7-11,14,24H,2-6H2,1H3. The smallest absolute Gasteiger partial charge is 0.349 e. The SMILES string of the molecule is COC(=O)c1cc(-c2ccc(F)cc2)c(NC2CCCCC2)c2c1C(=O)OC2=O. The van der Waals surface area contributed by atoms with Gasteiger partial charge in [-0.3, -0.25) is 0 Å². The first-order valence-electron chi connectivity index (χ1n) is 9.58. The fourth-order valence-electron chi connectivity index (χ4n) is 4.01. The van der Waals surface area contributed by atoms with Gasteiger partial charge in [-0.25, -0.2) is 18.8 Å². The summed E-state index contributed by atoms with van der Waals surface area (Å²) in [5.41, 5.74) is 1.44. The van der Waals surface area contributed by atoms with Crippen molar-refractivity contribution in [1.29, 1.82) is 0 Å². The monoisotopic (exact) mass is 397 g/mol. The van der Waals surface area contributed by atoms with E-state index < -0.39 is 23.7 Å². The number of nitrogens with one attached hydrogen (secondary N) is 1. The van der Waals surface area contributed by atoms with E-state index >= 15 is 0 Å². The summed E-state index contributed by atoms with van der Waals surface area (Å²) in [6.45, 7) is 0. The molecule has 0 saturated heterocycles. The number of fused-ring (bicyclic) bond motifs is 1. The van der Waals surface area contributed by atoms with Gasteiger partial charge in [0.05, 0.1) is 29.5 Å². The highest BCUT2D eigenvalue weighted by atomic mass is 19.1. The summed E-state index contributed by atoms with van der Waals surface area (Å²) in [5, 5.41) is 3.40. The molecule has 150 valence electrons. The van der Waals surface area contributed by atoms with Crippen molar-refractivity contribution in [3.05, 3.63) is 52.8 Å². The van der Waals surface area contributed by atoms with Crippen LogP contribution < -0.4 is 5.32 Å². The van der Waals surface area contributed by atoms with Gasteiger partial charge in [0.2, 0.25) is 0 Å². The van der Waals surface area contributed by atoms with Crippen LogP contribution in [0.3, 0.4) is 0 Å². The van der Waals surface area contributed by atoms with Crippen LogP contribution in [0.2, 0.25) is 0 Å². The van der Waals surface area contributed by atoms with Crippen molar-refractivity contribution in [2.45, 2.75) is 38.1 Å². The topological polar surface area (TPSA) is 81.7 Å². The molecule has 1 N–H and O–H groups in total. The van der Waals surface area contributed by atoms with E-state index in [2.05, 4.69) is 5.32 Å². The molecule has 4 rings (SSSR count). The molecule has 1 fully saturated rings. The average Bonchev–Trinajstić information content (AvgIpc) is 3.03. The van der Waals surface area contributed by atoms with Crippen LogP contribution in [0.4, 0.5) is 10.1 Å². The Morgan fingerprint density at radius 1 is 1.07 bits per heavy atom. The molecule has 0 atom stereocenters. The zero-order valence-electron chi connectivity index (χ0n) is 15.9. The van der Waals surface area contributed by atoms with Gasteiger partial charge in [-0.05, 0) is 36.6 Å². The second kappa shape index (κ2) is 7.66. The van der Waals surface area contributed by atoms with Gasteiger partial charge in [-0.1, -0.05) is 31.4 Å². The Morgan fingerprint density at radius 2 is 1.72 bits per heavy atom. The summed E-state index contributed by atoms with van der Waals surface area (Å²) < 4.78 is 23.1. The second-order valence-corrected chi connectivity index (χ2v) is 7.25. The Labute approximate surface area is 167 Å². The maximum Gasteiger partial charge on any atom is 0.349 e. The van der Waals surface area contributed by atoms with Crippen molar-refractivity contribution in [2.75, 3.05) is 12.4 Å². The Morgan fingerprint density at radius 3 is 2.38 bits per heavy atom. The minimum Gasteiger partial charge on any atom is -0.465 e. The van der Waals surface area contributed by atoms with E-state index in [4.69, 9.17) is 9.47 Å². The predicted molar refractivity (Wildman–Crippen MR) is 103 cm³/mol. The third-order valence-electron chi connectivity index (χ3n) is 5.44. The molecule has 2 aromatic carbocycles. The van der Waals surface area contributed by atoms with Gasteiger partial charge in [0, 0.05) is 11.6 Å². The van der Waals surface area contributed by atoms with Crippen LogP contribution in [0.15, 0.2) is 30.3 Å². The summed E-state index contributed by atoms with van der Waals surface area (Å²) >= 11 is 0. The number of anilines is 1. The van der Waals surface area contributed by atoms with Gasteiger partial charge in [0.15, 0.2) is 0 Å². The number of hydrogen-bond donors (Lipinski definition) is 1. The summed E-state index contributed by atoms with van der Waals surface area (Å²) in [6.07, 6.45) is 5.15. The number of methoxy groups -OCH3 is 1. The number of benzene rings is 2. The third kappa shape index (κ3) is 3.48. The van der Waals surface area contributed by atoms with Gasteiger partial charge in [0.1, 0.15) is 5.82 Å². The minimum absolute atomic E-state index is 0.0304. The number of cyclic esters (lactones) is 2. The molecule has 0 spiro atoms. The van der Waals surface area contributed by atoms with Crippen molar-refractivity contribution in [3.8, 4) is 11.1 Å². The fraction of sp³-hybridized carbons (Fsp3) is 0.318. The van der Waals surface area contributed by atoms with E-state index in [1.54, 1.807) is 12.1 Å². The molecule has 7 heteroatoms. The number of rotatable bonds is 4. The van der Waals surface area contributed by atoms with Gasteiger partial charge in [-0.15, -0.1) is 0 Å². The molecule has 1 aliphatic carbocycles. The number of ether oxygens (including phenoxy) is 2. The van der Waals surface area contributed by atoms with Gasteiger partial charge >= 0.3 is 17.9 Å². The first-order chi connectivity index (χ1) is 14.0. The van der Waals surface area contributed by atoms with Crippen molar-refractivity contribution >= 4 is 23.6 Å². The first kappa shape index (κ1) is 19.1. The summed E-state index contributed by atoms with van der Waals surface area (Å²) in [5.74, 6) is -2.83. The Balaban J connectivity index is 1.95. The third-order valence-corrected chi connectivity index (χ3v) is 5.44. The minimum atomic E-state index is -0.872. The van der Waals surface area contributed by atoms with E-state index in [9.17, 15) is 18.8 Å². The molecule has 0 aromatic heterocycles. The highest BCUT2D eigenvalue weighted by Gasteiger charge is 2.39. The predicted octanol–water partition coefficient (Wildman–Crippen LogP) is 4.33. The fourth-order valence-corrected chi connectivity index (χ4v) is 4.01. The van der Waals surface area contributed by atoms with Gasteiger partial charge < -0.3 is 14.8 Å². The molecule has 1 heterocycles. The first-order valence-corrected chi connectivity index (χ1v) is 9.58. The van der Waals surface area contributed by atoms with Crippen LogP contribution in [0.5, 0.6) is 0 Å². The Hall–Kier alpha value is -3.22. The molecule has 0 bridgehead atoms. The summed E-state index contributed by atoms with van der Waals surface area (Å²) in [6, 6.07) is 7.35. The highest BCUT2D eigenvalue weighted by molar-refractivity contribution is 6.23. The van der Waals surface area contributed by atoms with Crippen LogP contribution in [-0.4, -0.2) is 31.1 Å². The van der Waals surface area contributed by atoms with Crippen molar-refractivity contribution in [3.63, 3.8) is 0 Å². The molecule has 0 unspecified atom stereocenters. The van der Waals surface area contributed by atoms with E-state index in [1.165, 1.54) is 25.3 Å². The lowest BCUT2D eigenvalue weighted by Crippen LogP contribution is -2.24. The zero-order valence-corrected chi connectivity index (χ0v) is 15.9. The number of halogens is 1. The number of carbonyl (C=O) groups is 3. The summed E-state index contributed by atoms with van der Waals surface area (Å²) in [4.78, 5) is 37.2. The number of esters is 3. The lowest BCUT2D eigenvalue weighted by molar-refractivity contribution is 0.0437. The second-order valence-electron chi connectivity index (χ2n) is 7.25. The van der Waals surface area contributed by atoms with Crippen molar-refractivity contribution in [2.24, 2.45) is 0 Å². The molecule has 0 radical (unpaired) electrons. The molecule has 6 nitrogen and oxygen atoms in total. The molecule has 2 aromatic rings. The molecular formula is C22H20FNO5. The highest BCUT2D eigenvalue weighted by Crippen LogP contribution is 2.40. The van der Waals surface area contributed by atoms with E-state index in [0.717, 1.165) is 32.1 Å². The molecule has 2 aliphatic rings. The Bertz CT molecular complexity index is 993.